The molecule has 1 aromatic rings. The Morgan fingerprint density at radius 2 is 1.94 bits per heavy atom. The number of carbonyl (C=O) groups excluding carboxylic acids is 2. The van der Waals surface area contributed by atoms with Gasteiger partial charge in [-0.15, -0.1) is 0 Å². The van der Waals surface area contributed by atoms with Crippen molar-refractivity contribution in [3.05, 3.63) is 41.0 Å². The van der Waals surface area contributed by atoms with Gasteiger partial charge in [-0.3, -0.25) is 14.9 Å². The monoisotopic (exact) mass is 245 g/mol. The third-order valence-corrected chi connectivity index (χ3v) is 3.01. The highest BCUT2D eigenvalue weighted by atomic mass is 16.5. The Morgan fingerprint density at radius 3 is 2.44 bits per heavy atom. The van der Waals surface area contributed by atoms with Crippen LogP contribution in [-0.2, 0) is 16.0 Å². The highest BCUT2D eigenvalue weighted by Gasteiger charge is 2.25. The zero-order valence-electron chi connectivity index (χ0n) is 10.4. The van der Waals surface area contributed by atoms with Crippen LogP contribution in [0, 0.1) is 0 Å². The normalized spacial score (nSPS) is 17.7. The van der Waals surface area contributed by atoms with Gasteiger partial charge in [-0.05, 0) is 31.0 Å². The van der Waals surface area contributed by atoms with Gasteiger partial charge >= 0.3 is 0 Å². The van der Waals surface area contributed by atoms with Crippen molar-refractivity contribution in [1.82, 2.24) is 5.32 Å². The van der Waals surface area contributed by atoms with E-state index in [4.69, 9.17) is 4.74 Å². The van der Waals surface area contributed by atoms with Crippen molar-refractivity contribution in [3.63, 3.8) is 0 Å². The molecule has 1 fully saturated rings. The van der Waals surface area contributed by atoms with Crippen LogP contribution in [0.15, 0.2) is 35.4 Å². The van der Waals surface area contributed by atoms with Crippen LogP contribution in [-0.4, -0.2) is 18.9 Å². The number of hydrogen-bond acceptors (Lipinski definition) is 3. The van der Waals surface area contributed by atoms with Gasteiger partial charge in [-0.1, -0.05) is 17.7 Å². The minimum absolute atomic E-state index is 0.195. The highest BCUT2D eigenvalue weighted by Crippen LogP contribution is 2.20. The summed E-state index contributed by atoms with van der Waals surface area (Å²) in [5.74, 6) is 0.327. The summed E-state index contributed by atoms with van der Waals surface area (Å²) in [6, 6.07) is 7.68. The number of imide groups is 1. The molecular weight excluding hydrogens is 230 g/mol. The van der Waals surface area contributed by atoms with Crippen molar-refractivity contribution in [2.75, 3.05) is 7.11 Å². The molecule has 4 heteroatoms. The second-order valence-electron chi connectivity index (χ2n) is 4.34. The maximum Gasteiger partial charge on any atom is 0.254 e. The molecule has 0 atom stereocenters. The number of ether oxygens (including phenoxy) is 1. The summed E-state index contributed by atoms with van der Waals surface area (Å²) in [5.41, 5.74) is 2.62. The number of hydrogen-bond donors (Lipinski definition) is 1. The SMILES string of the molecule is COc1ccc(CC(C)=C2CC(=O)NC2=O)cc1. The second kappa shape index (κ2) is 5.04. The second-order valence-corrected chi connectivity index (χ2v) is 4.34. The fourth-order valence-electron chi connectivity index (χ4n) is 1.99. The van der Waals surface area contributed by atoms with Crippen LogP contribution >= 0.6 is 0 Å². The Kier molecular flexibility index (Phi) is 3.46. The summed E-state index contributed by atoms with van der Waals surface area (Å²) < 4.78 is 5.08. The van der Waals surface area contributed by atoms with E-state index in [-0.39, 0.29) is 18.2 Å². The van der Waals surface area contributed by atoms with Crippen LogP contribution in [0.4, 0.5) is 0 Å². The summed E-state index contributed by atoms with van der Waals surface area (Å²) in [7, 11) is 1.62. The van der Waals surface area contributed by atoms with E-state index in [0.29, 0.717) is 12.0 Å². The topological polar surface area (TPSA) is 55.4 Å². The van der Waals surface area contributed by atoms with Crippen molar-refractivity contribution in [2.45, 2.75) is 19.8 Å². The number of benzene rings is 1. The van der Waals surface area contributed by atoms with Gasteiger partial charge in [0.15, 0.2) is 0 Å². The summed E-state index contributed by atoms with van der Waals surface area (Å²) in [6.07, 6.45) is 0.862. The quantitative estimate of drug-likeness (QED) is 0.650. The van der Waals surface area contributed by atoms with Crippen LogP contribution in [0.1, 0.15) is 18.9 Å². The predicted molar refractivity (Wildman–Crippen MR) is 67.2 cm³/mol. The predicted octanol–water partition coefficient (Wildman–Crippen LogP) is 1.60. The third-order valence-electron chi connectivity index (χ3n) is 3.01. The van der Waals surface area contributed by atoms with Crippen molar-refractivity contribution in [2.24, 2.45) is 0 Å². The van der Waals surface area contributed by atoms with Gasteiger partial charge in [-0.2, -0.15) is 0 Å². The maximum absolute atomic E-state index is 11.5. The van der Waals surface area contributed by atoms with Gasteiger partial charge in [0.1, 0.15) is 5.75 Å². The molecule has 1 aliphatic rings. The summed E-state index contributed by atoms with van der Waals surface area (Å²) >= 11 is 0. The molecule has 0 saturated carbocycles. The molecule has 1 aromatic carbocycles. The van der Waals surface area contributed by atoms with Gasteiger partial charge in [-0.25, -0.2) is 0 Å². The first-order valence-electron chi connectivity index (χ1n) is 5.76. The van der Waals surface area contributed by atoms with Gasteiger partial charge in [0.25, 0.3) is 5.91 Å². The lowest BCUT2D eigenvalue weighted by Crippen LogP contribution is -2.19. The molecule has 94 valence electrons. The average molecular weight is 245 g/mol. The molecule has 0 aliphatic carbocycles. The number of nitrogens with one attached hydrogen (secondary N) is 1. The van der Waals surface area contributed by atoms with Crippen LogP contribution in [0.3, 0.4) is 0 Å². The van der Waals surface area contributed by atoms with Crippen molar-refractivity contribution < 1.29 is 14.3 Å². The summed E-state index contributed by atoms with van der Waals surface area (Å²) in [4.78, 5) is 22.6. The van der Waals surface area contributed by atoms with Gasteiger partial charge in [0.2, 0.25) is 5.91 Å². The molecule has 2 amide bonds. The molecule has 0 bridgehead atoms. The summed E-state index contributed by atoms with van der Waals surface area (Å²) in [5, 5.41) is 2.30. The minimum Gasteiger partial charge on any atom is -0.497 e. The number of allylic oxidation sites excluding steroid dienone is 1. The molecular formula is C14H15NO3. The van der Waals surface area contributed by atoms with Gasteiger partial charge in [0, 0.05) is 5.57 Å². The van der Waals surface area contributed by atoms with Crippen molar-refractivity contribution in [1.29, 1.82) is 0 Å². The van der Waals surface area contributed by atoms with Gasteiger partial charge < -0.3 is 4.74 Å². The largest absolute Gasteiger partial charge is 0.497 e. The first-order valence-corrected chi connectivity index (χ1v) is 5.76. The standard InChI is InChI=1S/C14H15NO3/c1-9(12-8-13(16)15-14(12)17)7-10-3-5-11(18-2)6-4-10/h3-6H,7-8H2,1-2H3,(H,15,16,17). The zero-order chi connectivity index (χ0) is 13.1. The number of methoxy groups -OCH3 is 1. The van der Waals surface area contributed by atoms with E-state index in [1.807, 2.05) is 31.2 Å². The van der Waals surface area contributed by atoms with E-state index >= 15 is 0 Å². The van der Waals surface area contributed by atoms with Crippen LogP contribution in [0.5, 0.6) is 5.75 Å². The van der Waals surface area contributed by atoms with Crippen molar-refractivity contribution >= 4 is 11.8 Å². The van der Waals surface area contributed by atoms with E-state index in [9.17, 15) is 9.59 Å². The number of rotatable bonds is 3. The minimum atomic E-state index is -0.258. The Bertz CT molecular complexity index is 514. The van der Waals surface area contributed by atoms with E-state index in [1.54, 1.807) is 7.11 Å². The first-order chi connectivity index (χ1) is 8.60. The molecule has 1 saturated heterocycles. The first kappa shape index (κ1) is 12.4. The lowest BCUT2D eigenvalue weighted by molar-refractivity contribution is -0.124. The van der Waals surface area contributed by atoms with Crippen LogP contribution < -0.4 is 10.1 Å². The maximum atomic E-state index is 11.5. The Morgan fingerprint density at radius 1 is 1.28 bits per heavy atom. The molecule has 0 aromatic heterocycles. The van der Waals surface area contributed by atoms with E-state index in [2.05, 4.69) is 5.32 Å². The summed E-state index contributed by atoms with van der Waals surface area (Å²) in [6.45, 7) is 1.89. The fraction of sp³-hybridized carbons (Fsp3) is 0.286. The zero-order valence-corrected chi connectivity index (χ0v) is 10.4. The van der Waals surface area contributed by atoms with Crippen LogP contribution in [0.2, 0.25) is 0 Å². The Hall–Kier alpha value is -2.10. The molecule has 18 heavy (non-hydrogen) atoms. The lowest BCUT2D eigenvalue weighted by atomic mass is 10.0. The number of amides is 2. The molecule has 0 unspecified atom stereocenters. The Balaban J connectivity index is 2.15. The van der Waals surface area contributed by atoms with Crippen molar-refractivity contribution in [3.8, 4) is 5.75 Å². The molecule has 0 spiro atoms. The molecule has 0 radical (unpaired) electrons. The Labute approximate surface area is 106 Å². The van der Waals surface area contributed by atoms with E-state index in [1.165, 1.54) is 0 Å². The van der Waals surface area contributed by atoms with Crippen LogP contribution in [0.25, 0.3) is 0 Å². The molecule has 1 heterocycles. The lowest BCUT2D eigenvalue weighted by Gasteiger charge is -2.05. The molecule has 2 rings (SSSR count). The number of carbonyl (C=O) groups is 2. The van der Waals surface area contributed by atoms with E-state index in [0.717, 1.165) is 16.9 Å². The van der Waals surface area contributed by atoms with E-state index < -0.39 is 0 Å². The smallest absolute Gasteiger partial charge is 0.254 e. The molecule has 1 N–H and O–H groups in total. The highest BCUT2D eigenvalue weighted by molar-refractivity contribution is 6.13. The van der Waals surface area contributed by atoms with Gasteiger partial charge in [0.05, 0.1) is 13.5 Å². The fourth-order valence-corrected chi connectivity index (χ4v) is 1.99. The molecule has 4 nitrogen and oxygen atoms in total. The molecule has 1 aliphatic heterocycles. The average Bonchev–Trinajstić information content (AvgIpc) is 2.69. The third kappa shape index (κ3) is 2.59.